The first-order valence-electron chi connectivity index (χ1n) is 10.5. The van der Waals surface area contributed by atoms with E-state index < -0.39 is 11.8 Å². The molecule has 0 spiro atoms. The van der Waals surface area contributed by atoms with Gasteiger partial charge in [-0.3, -0.25) is 14.5 Å². The number of para-hydroxylation sites is 1. The third-order valence-corrected chi connectivity index (χ3v) is 5.82. The molecule has 2 heterocycles. The van der Waals surface area contributed by atoms with Crippen LogP contribution >= 0.6 is 0 Å². The minimum Gasteiger partial charge on any atom is -0.454 e. The maximum absolute atomic E-state index is 12.5. The Morgan fingerprint density at radius 3 is 2.52 bits per heavy atom. The van der Waals surface area contributed by atoms with Gasteiger partial charge in [0.25, 0.3) is 0 Å². The van der Waals surface area contributed by atoms with Gasteiger partial charge in [0.05, 0.1) is 6.04 Å². The molecular weight excluding hydrogens is 396 g/mol. The average molecular weight is 425 g/mol. The van der Waals surface area contributed by atoms with E-state index in [0.29, 0.717) is 18.0 Å². The maximum Gasteiger partial charge on any atom is 0.313 e. The summed E-state index contributed by atoms with van der Waals surface area (Å²) in [5, 5.41) is 5.50. The molecule has 1 atom stereocenters. The lowest BCUT2D eigenvalue weighted by molar-refractivity contribution is -0.136. The minimum atomic E-state index is -0.669. The van der Waals surface area contributed by atoms with Crippen molar-refractivity contribution in [3.05, 3.63) is 53.6 Å². The van der Waals surface area contributed by atoms with Gasteiger partial charge in [-0.25, -0.2) is 0 Å². The molecule has 2 aliphatic rings. The number of nitrogens with zero attached hydrogens (tertiary/aromatic N) is 2. The predicted octanol–water partition coefficient (Wildman–Crippen LogP) is 1.77. The van der Waals surface area contributed by atoms with Crippen LogP contribution in [-0.2, 0) is 9.59 Å². The molecule has 0 aromatic heterocycles. The summed E-state index contributed by atoms with van der Waals surface area (Å²) in [6.07, 6.45) is 0. The Morgan fingerprint density at radius 1 is 1.00 bits per heavy atom. The van der Waals surface area contributed by atoms with Crippen LogP contribution in [0.25, 0.3) is 0 Å². The van der Waals surface area contributed by atoms with Crippen molar-refractivity contribution >= 4 is 17.5 Å². The van der Waals surface area contributed by atoms with Crippen LogP contribution in [0.1, 0.15) is 17.2 Å². The summed E-state index contributed by atoms with van der Waals surface area (Å²) in [7, 11) is 2.10. The van der Waals surface area contributed by atoms with Gasteiger partial charge in [-0.15, -0.1) is 0 Å². The predicted molar refractivity (Wildman–Crippen MR) is 117 cm³/mol. The quantitative estimate of drug-likeness (QED) is 0.712. The molecule has 2 aromatic rings. The van der Waals surface area contributed by atoms with E-state index in [9.17, 15) is 9.59 Å². The number of nitrogens with one attached hydrogen (secondary N) is 2. The number of carbonyl (C=O) groups is 2. The number of hydrogen-bond donors (Lipinski definition) is 2. The molecule has 0 aliphatic carbocycles. The van der Waals surface area contributed by atoms with Crippen molar-refractivity contribution in [3.63, 3.8) is 0 Å². The van der Waals surface area contributed by atoms with E-state index in [2.05, 4.69) is 27.5 Å². The highest BCUT2D eigenvalue weighted by Gasteiger charge is 2.27. The van der Waals surface area contributed by atoms with Gasteiger partial charge in [0.1, 0.15) is 0 Å². The molecule has 2 N–H and O–H groups in total. The largest absolute Gasteiger partial charge is 0.454 e. The number of benzene rings is 2. The topological polar surface area (TPSA) is 83.1 Å². The number of carbonyl (C=O) groups excluding carboxylic acids is 2. The minimum absolute atomic E-state index is 0.0709. The maximum atomic E-state index is 12.5. The number of rotatable bonds is 5. The smallest absolute Gasteiger partial charge is 0.313 e. The zero-order chi connectivity index (χ0) is 21.8. The molecule has 2 amide bonds. The number of fused-ring (bicyclic) bond motifs is 1. The van der Waals surface area contributed by atoms with E-state index in [4.69, 9.17) is 9.47 Å². The molecular formula is C23H28N4O4. The van der Waals surface area contributed by atoms with Crippen LogP contribution in [0.15, 0.2) is 42.5 Å². The molecule has 4 rings (SSSR count). The number of anilines is 1. The fourth-order valence-electron chi connectivity index (χ4n) is 3.87. The Morgan fingerprint density at radius 2 is 1.74 bits per heavy atom. The van der Waals surface area contributed by atoms with Crippen LogP contribution in [-0.4, -0.2) is 68.2 Å². The van der Waals surface area contributed by atoms with Crippen molar-refractivity contribution in [1.29, 1.82) is 0 Å². The van der Waals surface area contributed by atoms with E-state index >= 15 is 0 Å². The van der Waals surface area contributed by atoms with Crippen LogP contribution < -0.4 is 20.1 Å². The number of piperazine rings is 1. The first kappa shape index (κ1) is 21.1. The number of ether oxygens (including phenoxy) is 2. The summed E-state index contributed by atoms with van der Waals surface area (Å²) in [5.41, 5.74) is 2.56. The lowest BCUT2D eigenvalue weighted by atomic mass is 10.0. The Bertz CT molecular complexity index is 956. The Labute approximate surface area is 182 Å². The summed E-state index contributed by atoms with van der Waals surface area (Å²) in [4.78, 5) is 29.5. The van der Waals surface area contributed by atoms with E-state index in [1.807, 2.05) is 43.3 Å². The van der Waals surface area contributed by atoms with Crippen molar-refractivity contribution in [3.8, 4) is 11.5 Å². The van der Waals surface area contributed by atoms with Gasteiger partial charge in [-0.2, -0.15) is 0 Å². The van der Waals surface area contributed by atoms with Gasteiger partial charge < -0.3 is 25.0 Å². The number of amides is 2. The Hall–Kier alpha value is -3.10. The highest BCUT2D eigenvalue weighted by atomic mass is 16.7. The molecule has 0 bridgehead atoms. The van der Waals surface area contributed by atoms with Crippen molar-refractivity contribution in [2.24, 2.45) is 0 Å². The third-order valence-electron chi connectivity index (χ3n) is 5.82. The summed E-state index contributed by atoms with van der Waals surface area (Å²) >= 11 is 0. The second-order valence-electron chi connectivity index (χ2n) is 7.95. The van der Waals surface area contributed by atoms with E-state index in [0.717, 1.165) is 43.1 Å². The lowest BCUT2D eigenvalue weighted by Crippen LogP contribution is -2.49. The monoisotopic (exact) mass is 424 g/mol. The van der Waals surface area contributed by atoms with E-state index in [1.165, 1.54) is 0 Å². The highest BCUT2D eigenvalue weighted by molar-refractivity contribution is 6.39. The molecule has 8 nitrogen and oxygen atoms in total. The summed E-state index contributed by atoms with van der Waals surface area (Å²) in [6.45, 7) is 6.07. The first-order valence-corrected chi connectivity index (χ1v) is 10.5. The molecule has 1 unspecified atom stereocenters. The van der Waals surface area contributed by atoms with Gasteiger partial charge in [0.15, 0.2) is 11.5 Å². The SMILES string of the molecule is Cc1ccccc1NC(=O)C(=O)NCC(c1ccc2c(c1)OCO2)N1CCN(C)CC1. The Kier molecular flexibility index (Phi) is 6.39. The lowest BCUT2D eigenvalue weighted by Gasteiger charge is -2.38. The van der Waals surface area contributed by atoms with Gasteiger partial charge in [-0.05, 0) is 43.3 Å². The molecule has 164 valence electrons. The van der Waals surface area contributed by atoms with Gasteiger partial charge >= 0.3 is 11.8 Å². The first-order chi connectivity index (χ1) is 15.0. The van der Waals surface area contributed by atoms with Crippen LogP contribution in [0.2, 0.25) is 0 Å². The second-order valence-corrected chi connectivity index (χ2v) is 7.95. The zero-order valence-corrected chi connectivity index (χ0v) is 17.9. The normalized spacial score (nSPS) is 17.2. The molecule has 2 aliphatic heterocycles. The van der Waals surface area contributed by atoms with Gasteiger partial charge in [-0.1, -0.05) is 24.3 Å². The van der Waals surface area contributed by atoms with E-state index in [-0.39, 0.29) is 12.8 Å². The summed E-state index contributed by atoms with van der Waals surface area (Å²) < 4.78 is 11.0. The molecule has 0 radical (unpaired) electrons. The highest BCUT2D eigenvalue weighted by Crippen LogP contribution is 2.35. The van der Waals surface area contributed by atoms with Crippen molar-refractivity contribution in [2.45, 2.75) is 13.0 Å². The van der Waals surface area contributed by atoms with Crippen molar-refractivity contribution in [2.75, 3.05) is 51.9 Å². The standard InChI is InChI=1S/C23H28N4O4/c1-16-5-3-4-6-18(16)25-23(29)22(28)24-14-19(27-11-9-26(2)10-12-27)17-7-8-20-21(13-17)31-15-30-20/h3-8,13,19H,9-12,14-15H2,1-2H3,(H,24,28)(H,25,29). The number of likely N-dealkylation sites (N-methyl/N-ethyl adjacent to an activating group) is 1. The molecule has 31 heavy (non-hydrogen) atoms. The summed E-state index contributed by atoms with van der Waals surface area (Å²) in [6, 6.07) is 13.2. The van der Waals surface area contributed by atoms with E-state index in [1.54, 1.807) is 6.07 Å². The summed E-state index contributed by atoms with van der Waals surface area (Å²) in [5.74, 6) is 0.114. The van der Waals surface area contributed by atoms with Crippen molar-refractivity contribution < 1.29 is 19.1 Å². The van der Waals surface area contributed by atoms with Crippen LogP contribution in [0, 0.1) is 6.92 Å². The fourth-order valence-corrected chi connectivity index (χ4v) is 3.87. The number of hydrogen-bond acceptors (Lipinski definition) is 6. The van der Waals surface area contributed by atoms with Crippen LogP contribution in [0.4, 0.5) is 5.69 Å². The van der Waals surface area contributed by atoms with Gasteiger partial charge in [0, 0.05) is 38.4 Å². The molecule has 2 aromatic carbocycles. The van der Waals surface area contributed by atoms with Crippen molar-refractivity contribution in [1.82, 2.24) is 15.1 Å². The molecule has 1 saturated heterocycles. The fraction of sp³-hybridized carbons (Fsp3) is 0.391. The molecule has 1 fully saturated rings. The second kappa shape index (κ2) is 9.36. The average Bonchev–Trinajstić information content (AvgIpc) is 3.24. The van der Waals surface area contributed by atoms with Crippen LogP contribution in [0.5, 0.6) is 11.5 Å². The third kappa shape index (κ3) is 4.98. The molecule has 8 heteroatoms. The zero-order valence-electron chi connectivity index (χ0n) is 17.9. The van der Waals surface area contributed by atoms with Gasteiger partial charge in [0.2, 0.25) is 6.79 Å². The number of aryl methyl sites for hydroxylation is 1. The molecule has 0 saturated carbocycles. The Balaban J connectivity index is 1.45. The van der Waals surface area contributed by atoms with Crippen LogP contribution in [0.3, 0.4) is 0 Å².